The number of carbonyl (C=O) groups excluding carboxylic acids is 1. The first kappa shape index (κ1) is 17.6. The van der Waals surface area contributed by atoms with Gasteiger partial charge in [-0.2, -0.15) is 0 Å². The highest BCUT2D eigenvalue weighted by molar-refractivity contribution is 5.93. The Balaban J connectivity index is 1.93. The molecule has 0 saturated heterocycles. The van der Waals surface area contributed by atoms with E-state index in [1.54, 1.807) is 6.08 Å². The highest BCUT2D eigenvalue weighted by Crippen LogP contribution is 2.61. The average Bonchev–Trinajstić information content (AvgIpc) is 2.97. The number of fused-ring (bicyclic) bond motifs is 1. The zero-order valence-corrected chi connectivity index (χ0v) is 14.6. The number of allylic oxidation sites excluding steroid dienone is 1. The molecule has 0 spiro atoms. The first-order valence-corrected chi connectivity index (χ1v) is 8.92. The molecular formula is C19H29NO4. The Morgan fingerprint density at radius 1 is 1.38 bits per heavy atom. The Morgan fingerprint density at radius 2 is 2.12 bits per heavy atom. The van der Waals surface area contributed by atoms with Gasteiger partial charge < -0.3 is 20.7 Å². The molecule has 1 aliphatic heterocycles. The molecule has 0 radical (unpaired) electrons. The summed E-state index contributed by atoms with van der Waals surface area (Å²) in [7, 11) is 0. The van der Waals surface area contributed by atoms with E-state index in [1.165, 1.54) is 0 Å². The Morgan fingerprint density at radius 3 is 2.75 bits per heavy atom. The molecule has 0 aromatic rings. The quantitative estimate of drug-likeness (QED) is 0.683. The van der Waals surface area contributed by atoms with E-state index in [0.717, 1.165) is 25.7 Å². The minimum atomic E-state index is -0.710. The van der Waals surface area contributed by atoms with E-state index < -0.39 is 17.1 Å². The van der Waals surface area contributed by atoms with Gasteiger partial charge in [0.1, 0.15) is 6.61 Å². The summed E-state index contributed by atoms with van der Waals surface area (Å²) >= 11 is 0. The summed E-state index contributed by atoms with van der Waals surface area (Å²) in [4.78, 5) is 11.6. The third-order valence-corrected chi connectivity index (χ3v) is 7.21. The smallest absolute Gasteiger partial charge is 0.338 e. The summed E-state index contributed by atoms with van der Waals surface area (Å²) < 4.78 is 4.95. The maximum absolute atomic E-state index is 11.6. The maximum atomic E-state index is 11.6. The van der Waals surface area contributed by atoms with Crippen molar-refractivity contribution in [1.29, 1.82) is 0 Å². The van der Waals surface area contributed by atoms with Crippen LogP contribution in [0, 0.1) is 16.7 Å². The van der Waals surface area contributed by atoms with Crippen molar-refractivity contribution in [2.24, 2.45) is 22.5 Å². The molecule has 5 nitrogen and oxygen atoms in total. The number of aliphatic hydroxyl groups excluding tert-OH is 2. The normalized spacial score (nSPS) is 45.9. The summed E-state index contributed by atoms with van der Waals surface area (Å²) in [6.45, 7) is 4.32. The van der Waals surface area contributed by atoms with Gasteiger partial charge in [0, 0.05) is 11.0 Å². The molecule has 0 aromatic heterocycles. The molecule has 0 amide bonds. The highest BCUT2D eigenvalue weighted by Gasteiger charge is 2.64. The lowest BCUT2D eigenvalue weighted by Gasteiger charge is -2.65. The third kappa shape index (κ3) is 2.29. The summed E-state index contributed by atoms with van der Waals surface area (Å²) in [5, 5.41) is 20.6. The lowest BCUT2D eigenvalue weighted by atomic mass is 9.43. The van der Waals surface area contributed by atoms with Crippen molar-refractivity contribution in [1.82, 2.24) is 0 Å². The molecule has 3 aliphatic rings. The number of carbonyl (C=O) groups is 1. The van der Waals surface area contributed by atoms with Crippen LogP contribution in [0.5, 0.6) is 0 Å². The number of ether oxygens (including phenoxy) is 1. The second-order valence-corrected chi connectivity index (χ2v) is 8.13. The number of esters is 1. The molecule has 4 N–H and O–H groups in total. The van der Waals surface area contributed by atoms with Crippen LogP contribution in [0.1, 0.15) is 46.0 Å². The number of hydrogen-bond donors (Lipinski definition) is 3. The predicted octanol–water partition coefficient (Wildman–Crippen LogP) is 1.68. The fourth-order valence-electron chi connectivity index (χ4n) is 5.22. The van der Waals surface area contributed by atoms with Gasteiger partial charge in [-0.1, -0.05) is 32.4 Å². The van der Waals surface area contributed by atoms with Crippen LogP contribution in [0.2, 0.25) is 0 Å². The van der Waals surface area contributed by atoms with Gasteiger partial charge in [0.2, 0.25) is 0 Å². The molecule has 1 heterocycles. The SMILES string of the molecule is CC12CCC(O)[C@@](C)(CO)[C@@]1(N)CCCC2/C=C/C1=CCOC1=O. The molecule has 0 aromatic carbocycles. The molecule has 0 bridgehead atoms. The van der Waals surface area contributed by atoms with Crippen molar-refractivity contribution < 1.29 is 19.7 Å². The number of nitrogens with two attached hydrogens (primary N) is 1. The van der Waals surface area contributed by atoms with Gasteiger partial charge in [-0.05, 0) is 43.1 Å². The summed E-state index contributed by atoms with van der Waals surface area (Å²) in [5.74, 6) is -0.0607. The number of aliphatic hydroxyl groups is 2. The second-order valence-electron chi connectivity index (χ2n) is 8.13. The molecule has 24 heavy (non-hydrogen) atoms. The molecule has 2 fully saturated rings. The van der Waals surface area contributed by atoms with Crippen LogP contribution in [0.4, 0.5) is 0 Å². The van der Waals surface area contributed by atoms with Crippen LogP contribution in [-0.2, 0) is 9.53 Å². The molecule has 3 rings (SSSR count). The van der Waals surface area contributed by atoms with Crippen molar-refractivity contribution in [3.05, 3.63) is 23.8 Å². The van der Waals surface area contributed by atoms with E-state index in [0.29, 0.717) is 18.6 Å². The van der Waals surface area contributed by atoms with Gasteiger partial charge in [0.15, 0.2) is 0 Å². The first-order valence-electron chi connectivity index (χ1n) is 8.92. The molecular weight excluding hydrogens is 306 g/mol. The van der Waals surface area contributed by atoms with Gasteiger partial charge in [-0.15, -0.1) is 0 Å². The largest absolute Gasteiger partial charge is 0.458 e. The van der Waals surface area contributed by atoms with Crippen LogP contribution in [0.25, 0.3) is 0 Å². The summed E-state index contributed by atoms with van der Waals surface area (Å²) in [5.41, 5.74) is 5.96. The fourth-order valence-corrected chi connectivity index (χ4v) is 5.22. The van der Waals surface area contributed by atoms with E-state index in [9.17, 15) is 15.0 Å². The first-order chi connectivity index (χ1) is 11.3. The van der Waals surface area contributed by atoms with E-state index in [4.69, 9.17) is 10.5 Å². The zero-order valence-electron chi connectivity index (χ0n) is 14.6. The number of cyclic esters (lactones) is 1. The van der Waals surface area contributed by atoms with Crippen molar-refractivity contribution >= 4 is 5.97 Å². The predicted molar refractivity (Wildman–Crippen MR) is 91.0 cm³/mol. The lowest BCUT2D eigenvalue weighted by Crippen LogP contribution is -2.74. The standard InChI is InChI=1S/C19H29NO4/c1-17-10-7-15(22)18(2,12-21)19(17,20)9-3-4-14(17)6-5-13-8-11-24-16(13)23/h5-6,8,14-15,21-22H,3-4,7,9-12,20H2,1-2H3/b6-5+/t14?,15?,17?,18-,19-/m1/s1. The summed E-state index contributed by atoms with van der Waals surface area (Å²) in [6, 6.07) is 0. The number of rotatable bonds is 3. The Kier molecular flexibility index (Phi) is 4.39. The van der Waals surface area contributed by atoms with E-state index in [2.05, 4.69) is 13.0 Å². The lowest BCUT2D eigenvalue weighted by molar-refractivity contribution is -0.170. The second kappa shape index (κ2) is 5.97. The Labute approximate surface area is 143 Å². The van der Waals surface area contributed by atoms with Crippen LogP contribution in [0.3, 0.4) is 0 Å². The Hall–Kier alpha value is -1.17. The topological polar surface area (TPSA) is 92.8 Å². The van der Waals surface area contributed by atoms with Crippen molar-refractivity contribution in [2.45, 2.75) is 57.6 Å². The zero-order chi connectivity index (χ0) is 17.6. The van der Waals surface area contributed by atoms with E-state index >= 15 is 0 Å². The minimum Gasteiger partial charge on any atom is -0.458 e. The van der Waals surface area contributed by atoms with E-state index in [-0.39, 0.29) is 23.9 Å². The molecule has 5 heteroatoms. The van der Waals surface area contributed by atoms with Gasteiger partial charge in [0.25, 0.3) is 0 Å². The van der Waals surface area contributed by atoms with E-state index in [1.807, 2.05) is 13.0 Å². The molecule has 3 unspecified atom stereocenters. The summed E-state index contributed by atoms with van der Waals surface area (Å²) in [6.07, 6.45) is 9.37. The molecule has 2 aliphatic carbocycles. The van der Waals surface area contributed by atoms with Gasteiger partial charge in [-0.25, -0.2) is 4.79 Å². The van der Waals surface area contributed by atoms with Crippen molar-refractivity contribution in [3.8, 4) is 0 Å². The average molecular weight is 335 g/mol. The third-order valence-electron chi connectivity index (χ3n) is 7.21. The maximum Gasteiger partial charge on any atom is 0.338 e. The van der Waals surface area contributed by atoms with Crippen LogP contribution < -0.4 is 5.73 Å². The number of hydrogen-bond acceptors (Lipinski definition) is 5. The van der Waals surface area contributed by atoms with Gasteiger partial charge in [0.05, 0.1) is 18.3 Å². The van der Waals surface area contributed by atoms with Gasteiger partial charge >= 0.3 is 5.97 Å². The monoisotopic (exact) mass is 335 g/mol. The van der Waals surface area contributed by atoms with Crippen molar-refractivity contribution in [2.75, 3.05) is 13.2 Å². The Bertz CT molecular complexity index is 586. The van der Waals surface area contributed by atoms with Crippen LogP contribution in [0.15, 0.2) is 23.8 Å². The molecule has 134 valence electrons. The van der Waals surface area contributed by atoms with Gasteiger partial charge in [-0.3, -0.25) is 0 Å². The van der Waals surface area contributed by atoms with Crippen LogP contribution in [-0.4, -0.2) is 41.0 Å². The van der Waals surface area contributed by atoms with Crippen LogP contribution >= 0.6 is 0 Å². The molecule has 2 saturated carbocycles. The minimum absolute atomic E-state index is 0.117. The highest BCUT2D eigenvalue weighted by atomic mass is 16.5. The molecule has 5 atom stereocenters. The fraction of sp³-hybridized carbons (Fsp3) is 0.737. The van der Waals surface area contributed by atoms with Crippen molar-refractivity contribution in [3.63, 3.8) is 0 Å².